The van der Waals surface area contributed by atoms with Crippen LogP contribution in [-0.4, -0.2) is 44.5 Å². The second kappa shape index (κ2) is 8.53. The molecule has 5 nitrogen and oxygen atoms in total. The van der Waals surface area contributed by atoms with Crippen LogP contribution in [0.25, 0.3) is 10.9 Å². The molecule has 2 saturated heterocycles. The summed E-state index contributed by atoms with van der Waals surface area (Å²) in [4.78, 5) is 10.00. The van der Waals surface area contributed by atoms with E-state index in [1.54, 1.807) is 30.3 Å². The summed E-state index contributed by atoms with van der Waals surface area (Å²) >= 11 is 0. The molecule has 34 heavy (non-hydrogen) atoms. The van der Waals surface area contributed by atoms with E-state index in [0.717, 1.165) is 49.3 Å². The van der Waals surface area contributed by atoms with Crippen LogP contribution in [0.4, 0.5) is 5.69 Å². The lowest BCUT2D eigenvalue weighted by atomic mass is 10.0. The van der Waals surface area contributed by atoms with Gasteiger partial charge in [0.25, 0.3) is 0 Å². The van der Waals surface area contributed by atoms with Crippen molar-refractivity contribution in [2.75, 3.05) is 31.1 Å². The number of likely N-dealkylation sites (tertiary alicyclic amines) is 1. The molecular weight excluding hydrogens is 442 g/mol. The number of pyridine rings is 1. The predicted molar refractivity (Wildman–Crippen MR) is 135 cm³/mol. The Morgan fingerprint density at radius 1 is 0.765 bits per heavy atom. The molecule has 3 heterocycles. The molecule has 2 aliphatic heterocycles. The van der Waals surface area contributed by atoms with Gasteiger partial charge < -0.3 is 4.90 Å². The highest BCUT2D eigenvalue weighted by Crippen LogP contribution is 2.35. The normalized spacial score (nSPS) is 20.6. The van der Waals surface area contributed by atoms with Crippen LogP contribution < -0.4 is 4.90 Å². The van der Waals surface area contributed by atoms with E-state index in [0.29, 0.717) is 16.7 Å². The van der Waals surface area contributed by atoms with Gasteiger partial charge in [-0.25, -0.2) is 8.42 Å². The highest BCUT2D eigenvalue weighted by Gasteiger charge is 2.39. The summed E-state index contributed by atoms with van der Waals surface area (Å²) in [5, 5.41) is 0.859. The molecular formula is C28H27N3O2S. The smallest absolute Gasteiger partial charge is 0.208 e. The van der Waals surface area contributed by atoms with Crippen molar-refractivity contribution in [1.82, 2.24) is 9.88 Å². The Balaban J connectivity index is 1.20. The number of nitrogens with zero attached hydrogens (tertiary/aromatic N) is 3. The molecule has 2 aliphatic rings. The van der Waals surface area contributed by atoms with Crippen LogP contribution in [0.5, 0.6) is 0 Å². The van der Waals surface area contributed by atoms with E-state index in [2.05, 4.69) is 57.2 Å². The van der Waals surface area contributed by atoms with Gasteiger partial charge in [-0.05, 0) is 53.8 Å². The van der Waals surface area contributed by atoms with Crippen molar-refractivity contribution in [3.8, 4) is 0 Å². The van der Waals surface area contributed by atoms with E-state index in [4.69, 9.17) is 0 Å². The standard InChI is InChI=1S/C28H27N3O2S/c32-34(33,26-9-5-2-6-10-26)27-14-22-13-25(11-12-28(22)29-15-27)31-19-23-17-30(18-24(23)20-31)16-21-7-3-1-4-8-21/h1-15,23-24H,16-20H2. The van der Waals surface area contributed by atoms with Gasteiger partial charge in [0, 0.05) is 50.0 Å². The Labute approximate surface area is 200 Å². The molecule has 172 valence electrons. The second-order valence-corrected chi connectivity index (χ2v) is 11.4. The van der Waals surface area contributed by atoms with Gasteiger partial charge in [-0.3, -0.25) is 9.88 Å². The lowest BCUT2D eigenvalue weighted by molar-refractivity contribution is 0.309. The number of anilines is 1. The maximum atomic E-state index is 13.1. The third-order valence-corrected chi connectivity index (χ3v) is 8.92. The number of benzene rings is 3. The number of hydrogen-bond donors (Lipinski definition) is 0. The molecule has 4 aromatic rings. The molecule has 3 aromatic carbocycles. The van der Waals surface area contributed by atoms with Crippen molar-refractivity contribution >= 4 is 26.4 Å². The van der Waals surface area contributed by atoms with Crippen molar-refractivity contribution in [3.63, 3.8) is 0 Å². The average molecular weight is 470 g/mol. The quantitative estimate of drug-likeness (QED) is 0.426. The average Bonchev–Trinajstić information content (AvgIpc) is 3.43. The van der Waals surface area contributed by atoms with Crippen LogP contribution in [-0.2, 0) is 16.4 Å². The van der Waals surface area contributed by atoms with Crippen molar-refractivity contribution in [3.05, 3.63) is 96.7 Å². The van der Waals surface area contributed by atoms with Gasteiger partial charge >= 0.3 is 0 Å². The summed E-state index contributed by atoms with van der Waals surface area (Å²) < 4.78 is 26.1. The number of hydrogen-bond acceptors (Lipinski definition) is 5. The van der Waals surface area contributed by atoms with Gasteiger partial charge in [0.05, 0.1) is 15.3 Å². The minimum Gasteiger partial charge on any atom is -0.371 e. The van der Waals surface area contributed by atoms with Gasteiger partial charge in [-0.1, -0.05) is 48.5 Å². The molecule has 0 saturated carbocycles. The minimum absolute atomic E-state index is 0.234. The van der Waals surface area contributed by atoms with Gasteiger partial charge in [-0.2, -0.15) is 0 Å². The van der Waals surface area contributed by atoms with Crippen molar-refractivity contribution in [1.29, 1.82) is 0 Å². The van der Waals surface area contributed by atoms with Gasteiger partial charge in [-0.15, -0.1) is 0 Å². The first-order valence-corrected chi connectivity index (χ1v) is 13.3. The van der Waals surface area contributed by atoms with E-state index in [1.807, 2.05) is 12.1 Å². The van der Waals surface area contributed by atoms with E-state index in [1.165, 1.54) is 11.8 Å². The Morgan fingerprint density at radius 3 is 2.15 bits per heavy atom. The maximum Gasteiger partial charge on any atom is 0.208 e. The summed E-state index contributed by atoms with van der Waals surface area (Å²) in [6, 6.07) is 27.2. The van der Waals surface area contributed by atoms with Crippen LogP contribution in [0.3, 0.4) is 0 Å². The fourth-order valence-electron chi connectivity index (χ4n) is 5.45. The third kappa shape index (κ3) is 3.97. The molecule has 2 unspecified atom stereocenters. The van der Waals surface area contributed by atoms with Crippen molar-refractivity contribution in [2.45, 2.75) is 16.3 Å². The molecule has 1 aromatic heterocycles. The fourth-order valence-corrected chi connectivity index (χ4v) is 6.71. The van der Waals surface area contributed by atoms with E-state index in [9.17, 15) is 8.42 Å². The summed E-state index contributed by atoms with van der Waals surface area (Å²) in [6.45, 7) is 5.36. The van der Waals surface area contributed by atoms with Gasteiger partial charge in [0.1, 0.15) is 0 Å². The summed E-state index contributed by atoms with van der Waals surface area (Å²) in [5.74, 6) is 1.34. The first kappa shape index (κ1) is 21.3. The maximum absolute atomic E-state index is 13.1. The molecule has 0 N–H and O–H groups in total. The summed E-state index contributed by atoms with van der Waals surface area (Å²) in [6.07, 6.45) is 1.46. The number of aromatic nitrogens is 1. The zero-order chi connectivity index (χ0) is 23.1. The monoisotopic (exact) mass is 469 g/mol. The molecule has 2 atom stereocenters. The fraction of sp³-hybridized carbons (Fsp3) is 0.250. The predicted octanol–water partition coefficient (Wildman–Crippen LogP) is 4.64. The molecule has 0 spiro atoms. The van der Waals surface area contributed by atoms with E-state index >= 15 is 0 Å². The highest BCUT2D eigenvalue weighted by atomic mass is 32.2. The Bertz CT molecular complexity index is 1410. The van der Waals surface area contributed by atoms with Crippen LogP contribution in [0.1, 0.15) is 5.56 Å². The Hall–Kier alpha value is -3.22. The number of fused-ring (bicyclic) bond motifs is 2. The van der Waals surface area contributed by atoms with Crippen molar-refractivity contribution < 1.29 is 8.42 Å². The number of sulfone groups is 1. The molecule has 0 bridgehead atoms. The SMILES string of the molecule is O=S(=O)(c1ccccc1)c1cnc2ccc(N3CC4CN(Cc5ccccc5)CC4C3)cc2c1. The molecule has 6 heteroatoms. The highest BCUT2D eigenvalue weighted by molar-refractivity contribution is 7.91. The van der Waals surface area contributed by atoms with Gasteiger partial charge in [0.2, 0.25) is 9.84 Å². The summed E-state index contributed by atoms with van der Waals surface area (Å²) in [7, 11) is -3.59. The molecule has 2 fully saturated rings. The molecule has 0 radical (unpaired) electrons. The third-order valence-electron chi connectivity index (χ3n) is 7.18. The van der Waals surface area contributed by atoms with E-state index < -0.39 is 9.84 Å². The number of rotatable bonds is 5. The lowest BCUT2D eigenvalue weighted by Gasteiger charge is -2.23. The van der Waals surface area contributed by atoms with E-state index in [-0.39, 0.29) is 4.90 Å². The second-order valence-electron chi connectivity index (χ2n) is 9.47. The zero-order valence-electron chi connectivity index (χ0n) is 18.9. The van der Waals surface area contributed by atoms with Crippen LogP contribution in [0, 0.1) is 11.8 Å². The summed E-state index contributed by atoms with van der Waals surface area (Å²) in [5.41, 5.74) is 3.33. The largest absolute Gasteiger partial charge is 0.371 e. The molecule has 6 rings (SSSR count). The first-order valence-electron chi connectivity index (χ1n) is 11.8. The van der Waals surface area contributed by atoms with Crippen LogP contribution >= 0.6 is 0 Å². The molecule has 0 amide bonds. The molecule has 0 aliphatic carbocycles. The lowest BCUT2D eigenvalue weighted by Crippen LogP contribution is -2.28. The zero-order valence-corrected chi connectivity index (χ0v) is 19.7. The van der Waals surface area contributed by atoms with Crippen LogP contribution in [0.15, 0.2) is 101 Å². The minimum atomic E-state index is -3.59. The van der Waals surface area contributed by atoms with Crippen molar-refractivity contribution in [2.24, 2.45) is 11.8 Å². The first-order chi connectivity index (χ1) is 16.6. The Kier molecular flexibility index (Phi) is 5.35. The topological polar surface area (TPSA) is 53.5 Å². The Morgan fingerprint density at radius 2 is 1.44 bits per heavy atom. The van der Waals surface area contributed by atoms with Crippen LogP contribution in [0.2, 0.25) is 0 Å². The van der Waals surface area contributed by atoms with Gasteiger partial charge in [0.15, 0.2) is 0 Å².